The van der Waals surface area contributed by atoms with Gasteiger partial charge in [0.1, 0.15) is 0 Å². The van der Waals surface area contributed by atoms with Gasteiger partial charge < -0.3 is 26.5 Å². The van der Waals surface area contributed by atoms with Crippen LogP contribution in [0.4, 0.5) is 0 Å². The van der Waals surface area contributed by atoms with Crippen molar-refractivity contribution in [3.63, 3.8) is 0 Å². The van der Waals surface area contributed by atoms with Crippen LogP contribution in [0, 0.1) is 6.07 Å². The second kappa shape index (κ2) is 9.61. The maximum Gasteiger partial charge on any atom is 2.00 e. The van der Waals surface area contributed by atoms with Gasteiger partial charge in [0.25, 0.3) is 0 Å². The molecule has 0 N–H and O–H groups in total. The van der Waals surface area contributed by atoms with E-state index in [0.29, 0.717) is 0 Å². The summed E-state index contributed by atoms with van der Waals surface area (Å²) in [6.07, 6.45) is 1.01. The molecule has 0 aliphatic rings. The van der Waals surface area contributed by atoms with Crippen LogP contribution >= 0.6 is 0 Å². The Balaban J connectivity index is 0. The van der Waals surface area contributed by atoms with Crippen molar-refractivity contribution < 1.29 is 26.5 Å². The van der Waals surface area contributed by atoms with Crippen LogP contribution < -0.4 is 26.5 Å². The second-order valence-corrected chi connectivity index (χ2v) is 2.44. The summed E-state index contributed by atoms with van der Waals surface area (Å²) in [6.45, 7) is 2.81. The fourth-order valence-electron chi connectivity index (χ4n) is 0.825. The SMILES string of the molecule is CCCOc1[c-]cc(OC)cc1.[Br-].[Mg+2]. The molecule has 0 aliphatic heterocycles. The monoisotopic (exact) mass is 268 g/mol. The molecule has 0 heterocycles. The van der Waals surface area contributed by atoms with E-state index >= 15 is 0 Å². The molecule has 0 saturated carbocycles. The van der Waals surface area contributed by atoms with Crippen molar-refractivity contribution in [1.82, 2.24) is 0 Å². The molecule has 0 fully saturated rings. The average molecular weight is 269 g/mol. The molecular weight excluding hydrogens is 256 g/mol. The molecule has 0 bridgehead atoms. The third-order valence-corrected chi connectivity index (χ3v) is 1.45. The minimum atomic E-state index is 0. The van der Waals surface area contributed by atoms with Gasteiger partial charge in [-0.15, -0.1) is 24.3 Å². The molecule has 0 aromatic heterocycles. The zero-order valence-corrected chi connectivity index (χ0v) is 11.5. The van der Waals surface area contributed by atoms with Crippen LogP contribution in [-0.2, 0) is 0 Å². The maximum absolute atomic E-state index is 5.34. The number of benzene rings is 1. The summed E-state index contributed by atoms with van der Waals surface area (Å²) in [4.78, 5) is 0. The van der Waals surface area contributed by atoms with Gasteiger partial charge in [0.15, 0.2) is 0 Å². The quantitative estimate of drug-likeness (QED) is 0.511. The molecule has 14 heavy (non-hydrogen) atoms. The predicted molar refractivity (Wildman–Crippen MR) is 53.4 cm³/mol. The first-order valence-electron chi connectivity index (χ1n) is 4.05. The molecule has 4 heteroatoms. The first-order valence-corrected chi connectivity index (χ1v) is 4.05. The van der Waals surface area contributed by atoms with Crippen molar-refractivity contribution in [1.29, 1.82) is 0 Å². The average Bonchev–Trinajstić information content (AvgIpc) is 2.15. The molecule has 0 aliphatic carbocycles. The normalized spacial score (nSPS) is 8.14. The summed E-state index contributed by atoms with van der Waals surface area (Å²) in [7, 11) is 1.63. The number of hydrogen-bond donors (Lipinski definition) is 0. The summed E-state index contributed by atoms with van der Waals surface area (Å²) in [6, 6.07) is 8.46. The first-order chi connectivity index (χ1) is 5.86. The van der Waals surface area contributed by atoms with Gasteiger partial charge in [-0.1, -0.05) is 6.92 Å². The number of hydrogen-bond acceptors (Lipinski definition) is 2. The van der Waals surface area contributed by atoms with E-state index in [2.05, 4.69) is 13.0 Å². The van der Waals surface area contributed by atoms with Gasteiger partial charge in [-0.25, -0.2) is 0 Å². The van der Waals surface area contributed by atoms with E-state index in [1.54, 1.807) is 13.2 Å². The summed E-state index contributed by atoms with van der Waals surface area (Å²) in [5, 5.41) is 0. The summed E-state index contributed by atoms with van der Waals surface area (Å²) >= 11 is 0. The molecule has 2 nitrogen and oxygen atoms in total. The Labute approximate surface area is 112 Å². The summed E-state index contributed by atoms with van der Waals surface area (Å²) < 4.78 is 10.3. The van der Waals surface area contributed by atoms with Crippen LogP contribution in [0.25, 0.3) is 0 Å². The second-order valence-electron chi connectivity index (χ2n) is 2.44. The Morgan fingerprint density at radius 1 is 1.36 bits per heavy atom. The Morgan fingerprint density at radius 3 is 2.50 bits per heavy atom. The molecule has 1 rings (SSSR count). The standard InChI is InChI=1S/C10H13O2.BrH.Mg/c1-3-8-12-10-6-4-9(11-2)5-7-10;;/h4-6H,3,8H2,1-2H3;1H;/q-1;;+2/p-1. The van der Waals surface area contributed by atoms with Crippen LogP contribution in [-0.4, -0.2) is 36.8 Å². The Hall–Kier alpha value is 0.0662. The van der Waals surface area contributed by atoms with Crippen LogP contribution in [0.5, 0.6) is 11.5 Å². The molecule has 1 aromatic rings. The minimum Gasteiger partial charge on any atom is -1.00 e. The van der Waals surface area contributed by atoms with Gasteiger partial charge in [0, 0.05) is 11.5 Å². The molecule has 0 atom stereocenters. The fraction of sp³-hybridized carbons (Fsp3) is 0.400. The van der Waals surface area contributed by atoms with Crippen LogP contribution in [0.2, 0.25) is 0 Å². The smallest absolute Gasteiger partial charge is 1.00 e. The Morgan fingerprint density at radius 2 is 2.07 bits per heavy atom. The van der Waals surface area contributed by atoms with Crippen molar-refractivity contribution in [2.75, 3.05) is 13.7 Å². The van der Waals surface area contributed by atoms with Crippen molar-refractivity contribution in [2.45, 2.75) is 13.3 Å². The van der Waals surface area contributed by atoms with Crippen molar-refractivity contribution in [3.05, 3.63) is 24.3 Å². The van der Waals surface area contributed by atoms with Gasteiger partial charge in [0.05, 0.1) is 13.7 Å². The topological polar surface area (TPSA) is 18.5 Å². The molecule has 74 valence electrons. The van der Waals surface area contributed by atoms with Crippen molar-refractivity contribution in [2.24, 2.45) is 0 Å². The van der Waals surface area contributed by atoms with E-state index in [0.717, 1.165) is 24.5 Å². The molecule has 0 spiro atoms. The van der Waals surface area contributed by atoms with E-state index in [1.165, 1.54) is 0 Å². The summed E-state index contributed by atoms with van der Waals surface area (Å²) in [5.41, 5.74) is 0. The minimum absolute atomic E-state index is 0. The van der Waals surface area contributed by atoms with Gasteiger partial charge in [-0.2, -0.15) is 0 Å². The van der Waals surface area contributed by atoms with Gasteiger partial charge in [-0.3, -0.25) is 0 Å². The summed E-state index contributed by atoms with van der Waals surface area (Å²) in [5.74, 6) is 1.58. The Bertz CT molecular complexity index is 226. The van der Waals surface area contributed by atoms with Gasteiger partial charge >= 0.3 is 23.1 Å². The molecule has 0 radical (unpaired) electrons. The van der Waals surface area contributed by atoms with Crippen LogP contribution in [0.1, 0.15) is 13.3 Å². The third kappa shape index (κ3) is 5.72. The van der Waals surface area contributed by atoms with Crippen molar-refractivity contribution >= 4 is 23.1 Å². The van der Waals surface area contributed by atoms with E-state index in [4.69, 9.17) is 9.47 Å². The third-order valence-electron chi connectivity index (χ3n) is 1.45. The molecule has 0 amide bonds. The zero-order chi connectivity index (χ0) is 8.81. The molecule has 0 saturated heterocycles. The van der Waals surface area contributed by atoms with Gasteiger partial charge in [-0.05, 0) is 6.42 Å². The zero-order valence-electron chi connectivity index (χ0n) is 8.55. The molecule has 0 unspecified atom stereocenters. The fourth-order valence-corrected chi connectivity index (χ4v) is 0.825. The first kappa shape index (κ1) is 16.5. The van der Waals surface area contributed by atoms with Gasteiger partial charge in [0.2, 0.25) is 0 Å². The predicted octanol–water partition coefficient (Wildman–Crippen LogP) is -1.09. The van der Waals surface area contributed by atoms with E-state index in [-0.39, 0.29) is 40.0 Å². The largest absolute Gasteiger partial charge is 2.00 e. The molecule has 1 aromatic carbocycles. The number of halogens is 1. The number of methoxy groups -OCH3 is 1. The van der Waals surface area contributed by atoms with E-state index in [1.807, 2.05) is 12.1 Å². The molecular formula is C10H13BrMgO2. The number of ether oxygens (including phenoxy) is 2. The number of rotatable bonds is 4. The maximum atomic E-state index is 5.34. The van der Waals surface area contributed by atoms with E-state index < -0.39 is 0 Å². The van der Waals surface area contributed by atoms with E-state index in [9.17, 15) is 0 Å². The van der Waals surface area contributed by atoms with Crippen LogP contribution in [0.15, 0.2) is 18.2 Å². The van der Waals surface area contributed by atoms with Crippen LogP contribution in [0.3, 0.4) is 0 Å². The Kier molecular flexibility index (Phi) is 11.3. The van der Waals surface area contributed by atoms with Crippen molar-refractivity contribution in [3.8, 4) is 11.5 Å².